The molecule has 1 fully saturated rings. The molecule has 0 radical (unpaired) electrons. The number of hydrogen-bond donors (Lipinski definition) is 0. The smallest absolute Gasteiger partial charge is 0.223 e. The van der Waals surface area contributed by atoms with E-state index in [1.54, 1.807) is 24.3 Å². The molecule has 3 unspecified atom stereocenters. The monoisotopic (exact) mass is 365 g/mol. The summed E-state index contributed by atoms with van der Waals surface area (Å²) in [7, 11) is 0. The Labute approximate surface area is 158 Å². The lowest BCUT2D eigenvalue weighted by atomic mass is 9.74. The van der Waals surface area contributed by atoms with E-state index in [0.29, 0.717) is 24.8 Å². The van der Waals surface area contributed by atoms with Crippen LogP contribution in [0.15, 0.2) is 60.7 Å². The molecular weight excluding hydrogens is 342 g/mol. The van der Waals surface area contributed by atoms with Crippen molar-refractivity contribution in [3.63, 3.8) is 0 Å². The van der Waals surface area contributed by atoms with Gasteiger partial charge in [-0.05, 0) is 18.4 Å². The summed E-state index contributed by atoms with van der Waals surface area (Å²) in [5.41, 5.74) is 1.33. The Hall–Kier alpha value is -2.82. The number of hydrogen-bond acceptors (Lipinski definition) is 4. The molecule has 0 bridgehead atoms. The molecule has 0 aromatic heterocycles. The first kappa shape index (κ1) is 19.0. The van der Waals surface area contributed by atoms with E-state index in [9.17, 15) is 19.7 Å². The van der Waals surface area contributed by atoms with E-state index in [1.165, 1.54) is 0 Å². The number of ketones is 2. The first-order valence-electron chi connectivity index (χ1n) is 9.34. The predicted molar refractivity (Wildman–Crippen MR) is 102 cm³/mol. The zero-order chi connectivity index (χ0) is 19.2. The molecule has 0 aliphatic heterocycles. The zero-order valence-electron chi connectivity index (χ0n) is 15.1. The van der Waals surface area contributed by atoms with Crippen molar-refractivity contribution in [2.24, 2.45) is 5.92 Å². The highest BCUT2D eigenvalue weighted by Crippen LogP contribution is 2.36. The minimum absolute atomic E-state index is 0.0599. The summed E-state index contributed by atoms with van der Waals surface area (Å²) in [5.74, 6) is -0.905. The molecule has 5 heteroatoms. The van der Waals surface area contributed by atoms with E-state index in [-0.39, 0.29) is 35.2 Å². The maximum atomic E-state index is 12.8. The van der Waals surface area contributed by atoms with Crippen molar-refractivity contribution < 1.29 is 14.5 Å². The molecular formula is C22H23NO4. The van der Waals surface area contributed by atoms with Gasteiger partial charge in [0.1, 0.15) is 5.78 Å². The normalized spacial score (nSPS) is 19.3. The summed E-state index contributed by atoms with van der Waals surface area (Å²) < 4.78 is 0. The molecule has 0 amide bonds. The molecule has 0 saturated heterocycles. The van der Waals surface area contributed by atoms with Crippen molar-refractivity contribution in [1.82, 2.24) is 0 Å². The molecule has 140 valence electrons. The van der Waals surface area contributed by atoms with Crippen molar-refractivity contribution in [1.29, 1.82) is 0 Å². The molecule has 2 aromatic carbocycles. The van der Waals surface area contributed by atoms with Crippen LogP contribution in [-0.2, 0) is 4.79 Å². The van der Waals surface area contributed by atoms with Crippen LogP contribution in [0.2, 0.25) is 0 Å². The van der Waals surface area contributed by atoms with Gasteiger partial charge in [-0.25, -0.2) is 0 Å². The molecule has 0 spiro atoms. The van der Waals surface area contributed by atoms with E-state index < -0.39 is 12.0 Å². The molecule has 27 heavy (non-hydrogen) atoms. The van der Waals surface area contributed by atoms with Gasteiger partial charge in [-0.3, -0.25) is 19.7 Å². The van der Waals surface area contributed by atoms with Crippen molar-refractivity contribution in [3.8, 4) is 0 Å². The van der Waals surface area contributed by atoms with Crippen molar-refractivity contribution in [2.45, 2.75) is 44.1 Å². The Kier molecular flexibility index (Phi) is 6.12. The van der Waals surface area contributed by atoms with E-state index >= 15 is 0 Å². The lowest BCUT2D eigenvalue weighted by Gasteiger charge is -2.29. The number of rotatable bonds is 7. The molecule has 5 nitrogen and oxygen atoms in total. The van der Waals surface area contributed by atoms with E-state index in [1.807, 2.05) is 36.4 Å². The van der Waals surface area contributed by atoms with Gasteiger partial charge in [0.15, 0.2) is 5.78 Å². The summed E-state index contributed by atoms with van der Waals surface area (Å²) in [4.78, 5) is 36.5. The van der Waals surface area contributed by atoms with Crippen LogP contribution in [0.25, 0.3) is 0 Å². The predicted octanol–water partition coefficient (Wildman–Crippen LogP) is 4.45. The molecule has 1 saturated carbocycles. The molecule has 0 N–H and O–H groups in total. The fraction of sp³-hybridized carbons (Fsp3) is 0.364. The number of nitro groups is 1. The summed E-state index contributed by atoms with van der Waals surface area (Å²) >= 11 is 0. The highest BCUT2D eigenvalue weighted by Gasteiger charge is 2.42. The fourth-order valence-corrected chi connectivity index (χ4v) is 4.07. The van der Waals surface area contributed by atoms with Gasteiger partial charge in [0.25, 0.3) is 0 Å². The topological polar surface area (TPSA) is 77.3 Å². The first-order chi connectivity index (χ1) is 13.1. The standard InChI is InChI=1S/C22H23NO4/c24-19-13-7-12-18(14-19)22(23(26)27)20(16-8-3-1-4-9-16)15-21(25)17-10-5-2-6-11-17/h1-6,8-11,18,20,22H,7,12-15H2. The van der Waals surface area contributed by atoms with Gasteiger partial charge < -0.3 is 0 Å². The minimum Gasteiger partial charge on any atom is -0.300 e. The Morgan fingerprint density at radius 2 is 1.70 bits per heavy atom. The number of Topliss-reactive ketones (excluding diaryl/α,β-unsaturated/α-hetero) is 2. The summed E-state index contributed by atoms with van der Waals surface area (Å²) in [6.45, 7) is 0. The van der Waals surface area contributed by atoms with Crippen LogP contribution in [0.4, 0.5) is 0 Å². The summed E-state index contributed by atoms with van der Waals surface area (Å²) in [6.07, 6.45) is 2.13. The van der Waals surface area contributed by atoms with E-state index in [2.05, 4.69) is 0 Å². The van der Waals surface area contributed by atoms with Crippen molar-refractivity contribution >= 4 is 11.6 Å². The zero-order valence-corrected chi connectivity index (χ0v) is 15.1. The van der Waals surface area contributed by atoms with Gasteiger partial charge in [0.2, 0.25) is 6.04 Å². The molecule has 1 aliphatic carbocycles. The Bertz CT molecular complexity index is 804. The first-order valence-corrected chi connectivity index (χ1v) is 9.34. The Balaban J connectivity index is 1.93. The second-order valence-electron chi connectivity index (χ2n) is 7.18. The lowest BCUT2D eigenvalue weighted by Crippen LogP contribution is -2.39. The van der Waals surface area contributed by atoms with Crippen LogP contribution < -0.4 is 0 Å². The average molecular weight is 365 g/mol. The summed E-state index contributed by atoms with van der Waals surface area (Å²) in [6, 6.07) is 17.1. The van der Waals surface area contributed by atoms with Crippen LogP contribution in [0.5, 0.6) is 0 Å². The Morgan fingerprint density at radius 1 is 1.07 bits per heavy atom. The molecule has 1 aliphatic rings. The van der Waals surface area contributed by atoms with Gasteiger partial charge in [-0.15, -0.1) is 0 Å². The third kappa shape index (κ3) is 4.67. The van der Waals surface area contributed by atoms with E-state index in [0.717, 1.165) is 5.56 Å². The van der Waals surface area contributed by atoms with Crippen molar-refractivity contribution in [3.05, 3.63) is 81.9 Å². The van der Waals surface area contributed by atoms with Gasteiger partial charge in [-0.1, -0.05) is 60.7 Å². The van der Waals surface area contributed by atoms with Crippen LogP contribution >= 0.6 is 0 Å². The van der Waals surface area contributed by atoms with Gasteiger partial charge in [0, 0.05) is 35.7 Å². The third-order valence-corrected chi connectivity index (χ3v) is 5.39. The molecule has 2 aromatic rings. The molecule has 3 atom stereocenters. The number of benzene rings is 2. The SMILES string of the molecule is O=C1CCCC(C(C(CC(=O)c2ccccc2)c2ccccc2)[N+](=O)[O-])C1. The highest BCUT2D eigenvalue weighted by molar-refractivity contribution is 5.96. The van der Waals surface area contributed by atoms with Crippen LogP contribution in [0, 0.1) is 16.0 Å². The van der Waals surface area contributed by atoms with Gasteiger partial charge in [-0.2, -0.15) is 0 Å². The quantitative estimate of drug-likeness (QED) is 0.413. The highest BCUT2D eigenvalue weighted by atomic mass is 16.6. The van der Waals surface area contributed by atoms with Crippen LogP contribution in [0.1, 0.15) is 53.9 Å². The van der Waals surface area contributed by atoms with Crippen molar-refractivity contribution in [2.75, 3.05) is 0 Å². The van der Waals surface area contributed by atoms with Crippen LogP contribution in [-0.4, -0.2) is 22.5 Å². The Morgan fingerprint density at radius 3 is 2.30 bits per heavy atom. The second kappa shape index (κ2) is 8.71. The molecule has 3 rings (SSSR count). The second-order valence-corrected chi connectivity index (χ2v) is 7.18. The number of carbonyl (C=O) groups excluding carboxylic acids is 2. The number of nitrogens with zero attached hydrogens (tertiary/aromatic N) is 1. The fourth-order valence-electron chi connectivity index (χ4n) is 4.07. The third-order valence-electron chi connectivity index (χ3n) is 5.39. The van der Waals surface area contributed by atoms with E-state index in [4.69, 9.17) is 0 Å². The number of carbonyl (C=O) groups is 2. The summed E-state index contributed by atoms with van der Waals surface area (Å²) in [5, 5.41) is 12.0. The van der Waals surface area contributed by atoms with Crippen LogP contribution in [0.3, 0.4) is 0 Å². The maximum absolute atomic E-state index is 12.8. The van der Waals surface area contributed by atoms with Gasteiger partial charge >= 0.3 is 0 Å². The van der Waals surface area contributed by atoms with Gasteiger partial charge in [0.05, 0.1) is 5.92 Å². The average Bonchev–Trinajstić information content (AvgIpc) is 2.68. The largest absolute Gasteiger partial charge is 0.300 e. The maximum Gasteiger partial charge on any atom is 0.223 e. The molecule has 0 heterocycles. The minimum atomic E-state index is -0.940. The lowest BCUT2D eigenvalue weighted by molar-refractivity contribution is -0.537.